The summed E-state index contributed by atoms with van der Waals surface area (Å²) in [5.74, 6) is -1.15. The van der Waals surface area contributed by atoms with Crippen molar-refractivity contribution in [2.24, 2.45) is 5.10 Å². The number of ether oxygens (including phenoxy) is 2. The van der Waals surface area contributed by atoms with Crippen molar-refractivity contribution in [2.75, 3.05) is 13.2 Å². The van der Waals surface area contributed by atoms with Crippen molar-refractivity contribution in [3.05, 3.63) is 119 Å². The van der Waals surface area contributed by atoms with E-state index >= 15 is 0 Å². The highest BCUT2D eigenvalue weighted by atomic mass is 16.6. The fourth-order valence-corrected chi connectivity index (χ4v) is 3.06. The summed E-state index contributed by atoms with van der Waals surface area (Å²) in [6.45, 7) is 1.72. The summed E-state index contributed by atoms with van der Waals surface area (Å²) in [5, 5.41) is 6.63. The van der Waals surface area contributed by atoms with Gasteiger partial charge in [-0.15, -0.1) is 0 Å². The molecule has 188 valence electrons. The van der Waals surface area contributed by atoms with Crippen molar-refractivity contribution in [3.63, 3.8) is 0 Å². The molecule has 3 aromatic carbocycles. The number of rotatable bonds is 11. The molecule has 0 saturated carbocycles. The number of allylic oxidation sites excluding steroid dienone is 2. The van der Waals surface area contributed by atoms with Crippen molar-refractivity contribution in [1.29, 1.82) is 0 Å². The molecule has 8 heteroatoms. The number of benzene rings is 3. The maximum Gasteiger partial charge on any atom is 0.344 e. The third kappa shape index (κ3) is 8.95. The summed E-state index contributed by atoms with van der Waals surface area (Å²) >= 11 is 0. The standard InChI is InChI=1S/C29H27N3O5/c1-2-36-27(33)21-37-26-19-10-9-17-24(26)20-30-32-29(35)25(18-11-14-22-12-5-3-6-13-22)31-28(34)23-15-7-4-8-16-23/h3-20H,2,21H2,1H3,(H,31,34)(H,32,35)/b14-11-,25-18-,30-20?. The topological polar surface area (TPSA) is 106 Å². The first-order valence-corrected chi connectivity index (χ1v) is 11.6. The number of hydrazone groups is 1. The van der Waals surface area contributed by atoms with E-state index in [-0.39, 0.29) is 18.9 Å². The van der Waals surface area contributed by atoms with Crippen LogP contribution in [0.1, 0.15) is 28.4 Å². The van der Waals surface area contributed by atoms with Crippen molar-refractivity contribution in [2.45, 2.75) is 6.92 Å². The number of amides is 2. The second-order valence-corrected chi connectivity index (χ2v) is 7.50. The highest BCUT2D eigenvalue weighted by Gasteiger charge is 2.13. The first-order valence-electron chi connectivity index (χ1n) is 11.6. The predicted molar refractivity (Wildman–Crippen MR) is 142 cm³/mol. The van der Waals surface area contributed by atoms with Crippen LogP contribution >= 0.6 is 0 Å². The fourth-order valence-electron chi connectivity index (χ4n) is 3.06. The molecule has 0 radical (unpaired) electrons. The summed E-state index contributed by atoms with van der Waals surface area (Å²) in [5.41, 5.74) is 4.30. The van der Waals surface area contributed by atoms with Crippen molar-refractivity contribution < 1.29 is 23.9 Å². The Bertz CT molecular complexity index is 1290. The molecule has 3 aromatic rings. The van der Waals surface area contributed by atoms with Crippen LogP contribution in [0.4, 0.5) is 0 Å². The highest BCUT2D eigenvalue weighted by Crippen LogP contribution is 2.15. The molecule has 0 atom stereocenters. The summed E-state index contributed by atoms with van der Waals surface area (Å²) < 4.78 is 10.4. The Hall–Kier alpha value is -4.98. The molecule has 0 saturated heterocycles. The molecule has 0 bridgehead atoms. The highest BCUT2D eigenvalue weighted by molar-refractivity contribution is 6.03. The second-order valence-electron chi connectivity index (χ2n) is 7.50. The summed E-state index contributed by atoms with van der Waals surface area (Å²) in [6.07, 6.45) is 6.35. The van der Waals surface area contributed by atoms with E-state index in [9.17, 15) is 14.4 Å². The van der Waals surface area contributed by atoms with E-state index in [2.05, 4.69) is 15.8 Å². The lowest BCUT2D eigenvalue weighted by molar-refractivity contribution is -0.145. The van der Waals surface area contributed by atoms with Gasteiger partial charge in [-0.05, 0) is 42.8 Å². The molecule has 0 aromatic heterocycles. The molecule has 0 aliphatic heterocycles. The molecule has 0 fully saturated rings. The quantitative estimate of drug-likeness (QED) is 0.136. The minimum Gasteiger partial charge on any atom is -0.481 e. The zero-order chi connectivity index (χ0) is 26.3. The number of nitrogens with zero attached hydrogens (tertiary/aromatic N) is 1. The number of carbonyl (C=O) groups is 3. The van der Waals surface area contributed by atoms with Gasteiger partial charge in [0, 0.05) is 11.1 Å². The minimum absolute atomic E-state index is 0.00466. The summed E-state index contributed by atoms with van der Waals surface area (Å²) in [7, 11) is 0. The molecule has 0 heterocycles. The van der Waals surface area contributed by atoms with E-state index in [1.54, 1.807) is 67.6 Å². The Morgan fingerprint density at radius 3 is 2.30 bits per heavy atom. The zero-order valence-electron chi connectivity index (χ0n) is 20.3. The average Bonchev–Trinajstić information content (AvgIpc) is 2.93. The number of carbonyl (C=O) groups excluding carboxylic acids is 3. The SMILES string of the molecule is CCOC(=O)COc1ccccc1C=NNC(=O)/C(=C/C=C\c1ccccc1)NC(=O)c1ccccc1. The van der Waals surface area contributed by atoms with Gasteiger partial charge in [0.1, 0.15) is 11.4 Å². The number of nitrogens with one attached hydrogen (secondary N) is 2. The molecule has 2 amide bonds. The van der Waals surface area contributed by atoms with Gasteiger partial charge in [0.15, 0.2) is 6.61 Å². The largest absolute Gasteiger partial charge is 0.481 e. The Balaban J connectivity index is 1.72. The lowest BCUT2D eigenvalue weighted by Crippen LogP contribution is -2.32. The third-order valence-corrected chi connectivity index (χ3v) is 4.82. The van der Waals surface area contributed by atoms with Gasteiger partial charge in [-0.3, -0.25) is 9.59 Å². The van der Waals surface area contributed by atoms with E-state index in [4.69, 9.17) is 9.47 Å². The van der Waals surface area contributed by atoms with Crippen molar-refractivity contribution in [1.82, 2.24) is 10.7 Å². The normalized spacial score (nSPS) is 11.3. The molecule has 8 nitrogen and oxygen atoms in total. The third-order valence-electron chi connectivity index (χ3n) is 4.82. The molecule has 0 aliphatic carbocycles. The van der Waals surface area contributed by atoms with Crippen LogP contribution in [0.2, 0.25) is 0 Å². The van der Waals surface area contributed by atoms with Gasteiger partial charge in [-0.25, -0.2) is 10.2 Å². The molecule has 0 aliphatic rings. The van der Waals surface area contributed by atoms with Gasteiger partial charge in [0.25, 0.3) is 11.8 Å². The fraction of sp³-hybridized carbons (Fsp3) is 0.103. The van der Waals surface area contributed by atoms with Crippen LogP contribution < -0.4 is 15.5 Å². The molecule has 0 spiro atoms. The maximum atomic E-state index is 12.9. The Labute approximate surface area is 215 Å². The maximum absolute atomic E-state index is 12.9. The number of para-hydroxylation sites is 1. The van der Waals surface area contributed by atoms with E-state index in [1.807, 2.05) is 36.4 Å². The predicted octanol–water partition coefficient (Wildman–Crippen LogP) is 4.11. The van der Waals surface area contributed by atoms with Crippen LogP contribution in [0.3, 0.4) is 0 Å². The van der Waals surface area contributed by atoms with Crippen LogP contribution in [-0.4, -0.2) is 37.2 Å². The van der Waals surface area contributed by atoms with Crippen LogP contribution in [0, 0.1) is 0 Å². The lowest BCUT2D eigenvalue weighted by Gasteiger charge is -2.09. The van der Waals surface area contributed by atoms with E-state index in [0.717, 1.165) is 5.56 Å². The van der Waals surface area contributed by atoms with Crippen LogP contribution in [0.5, 0.6) is 5.75 Å². The zero-order valence-corrected chi connectivity index (χ0v) is 20.3. The lowest BCUT2D eigenvalue weighted by atomic mass is 10.2. The van der Waals surface area contributed by atoms with Crippen LogP contribution in [0.15, 0.2) is 108 Å². The van der Waals surface area contributed by atoms with Gasteiger partial charge in [0.2, 0.25) is 0 Å². The van der Waals surface area contributed by atoms with Gasteiger partial charge in [-0.2, -0.15) is 5.10 Å². The van der Waals surface area contributed by atoms with Crippen molar-refractivity contribution in [3.8, 4) is 5.75 Å². The Morgan fingerprint density at radius 1 is 0.892 bits per heavy atom. The molecular weight excluding hydrogens is 470 g/mol. The van der Waals surface area contributed by atoms with Gasteiger partial charge < -0.3 is 14.8 Å². The van der Waals surface area contributed by atoms with Gasteiger partial charge in [0.05, 0.1) is 12.8 Å². The van der Waals surface area contributed by atoms with E-state index in [1.165, 1.54) is 12.3 Å². The van der Waals surface area contributed by atoms with Crippen LogP contribution in [0.25, 0.3) is 6.08 Å². The first-order chi connectivity index (χ1) is 18.1. The molecule has 37 heavy (non-hydrogen) atoms. The van der Waals surface area contributed by atoms with Crippen molar-refractivity contribution >= 4 is 30.1 Å². The molecule has 0 unspecified atom stereocenters. The molecule has 3 rings (SSSR count). The number of hydrogen-bond acceptors (Lipinski definition) is 6. The Morgan fingerprint density at radius 2 is 1.57 bits per heavy atom. The van der Waals surface area contributed by atoms with Gasteiger partial charge >= 0.3 is 5.97 Å². The average molecular weight is 498 g/mol. The number of hydrogen-bond donors (Lipinski definition) is 2. The summed E-state index contributed by atoms with van der Waals surface area (Å²) in [4.78, 5) is 37.1. The monoisotopic (exact) mass is 497 g/mol. The minimum atomic E-state index is -0.622. The van der Waals surface area contributed by atoms with E-state index < -0.39 is 17.8 Å². The number of esters is 1. The van der Waals surface area contributed by atoms with Gasteiger partial charge in [-0.1, -0.05) is 72.8 Å². The van der Waals surface area contributed by atoms with E-state index in [0.29, 0.717) is 16.9 Å². The second kappa shape index (κ2) is 14.4. The molecule has 2 N–H and O–H groups in total. The molecular formula is C29H27N3O5. The van der Waals surface area contributed by atoms with Crippen LogP contribution in [-0.2, 0) is 14.3 Å². The smallest absolute Gasteiger partial charge is 0.344 e. The summed E-state index contributed by atoms with van der Waals surface area (Å²) in [6, 6.07) is 25.0. The Kier molecular flexibility index (Phi) is 10.4. The first kappa shape index (κ1) is 26.6.